The maximum atomic E-state index is 11.7. The second kappa shape index (κ2) is 5.38. The van der Waals surface area contributed by atoms with E-state index in [1.807, 2.05) is 13.8 Å². The van der Waals surface area contributed by atoms with Gasteiger partial charge in [-0.05, 0) is 32.0 Å². The van der Waals surface area contributed by atoms with Gasteiger partial charge in [-0.15, -0.1) is 0 Å². The molecule has 2 N–H and O–H groups in total. The minimum atomic E-state index is -0.509. The topological polar surface area (TPSA) is 58.6 Å². The van der Waals surface area contributed by atoms with Crippen molar-refractivity contribution in [1.82, 2.24) is 0 Å². The number of ether oxygens (including phenoxy) is 1. The number of benzene rings is 1. The molecular formula is C12H16ClNO3. The van der Waals surface area contributed by atoms with Gasteiger partial charge >= 0.3 is 0 Å². The molecule has 0 unspecified atom stereocenters. The number of carbonyl (C=O) groups is 1. The highest BCUT2D eigenvalue weighted by molar-refractivity contribution is 6.32. The van der Waals surface area contributed by atoms with E-state index in [4.69, 9.17) is 16.3 Å². The van der Waals surface area contributed by atoms with E-state index in [2.05, 4.69) is 5.32 Å². The van der Waals surface area contributed by atoms with Gasteiger partial charge in [-0.25, -0.2) is 0 Å². The molecule has 1 aromatic carbocycles. The number of nitrogens with one attached hydrogen (secondary N) is 1. The number of phenols is 1. The summed E-state index contributed by atoms with van der Waals surface area (Å²) in [6, 6.07) is 4.51. The first-order valence-electron chi connectivity index (χ1n) is 5.17. The number of hydrogen-bond acceptors (Lipinski definition) is 3. The molecule has 0 radical (unpaired) electrons. The first-order chi connectivity index (χ1) is 7.84. The van der Waals surface area contributed by atoms with Gasteiger partial charge in [0.2, 0.25) is 5.91 Å². The third-order valence-corrected chi connectivity index (χ3v) is 2.67. The number of methoxy groups -OCH3 is 1. The summed E-state index contributed by atoms with van der Waals surface area (Å²) in [5.74, 6) is -0.180. The highest BCUT2D eigenvalue weighted by Crippen LogP contribution is 2.26. The van der Waals surface area contributed by atoms with Crippen LogP contribution in [0.25, 0.3) is 0 Å². The molecule has 0 aliphatic heterocycles. The molecule has 1 aromatic rings. The average Bonchev–Trinajstić information content (AvgIpc) is 2.23. The Balaban J connectivity index is 2.65. The van der Waals surface area contributed by atoms with Crippen LogP contribution in [0, 0.1) is 0 Å². The summed E-state index contributed by atoms with van der Waals surface area (Å²) in [6.07, 6.45) is 0.238. The van der Waals surface area contributed by atoms with Gasteiger partial charge in [0.05, 0.1) is 17.0 Å². The Labute approximate surface area is 106 Å². The summed E-state index contributed by atoms with van der Waals surface area (Å²) >= 11 is 5.73. The highest BCUT2D eigenvalue weighted by Gasteiger charge is 2.21. The fourth-order valence-corrected chi connectivity index (χ4v) is 1.43. The van der Waals surface area contributed by atoms with Crippen LogP contribution >= 0.6 is 11.6 Å². The lowest BCUT2D eigenvalue weighted by molar-refractivity contribution is -0.121. The van der Waals surface area contributed by atoms with Crippen molar-refractivity contribution in [1.29, 1.82) is 0 Å². The molecule has 0 aliphatic carbocycles. The zero-order chi connectivity index (χ0) is 13.1. The number of halogens is 1. The van der Waals surface area contributed by atoms with Crippen molar-refractivity contribution in [3.8, 4) is 5.75 Å². The van der Waals surface area contributed by atoms with Crippen molar-refractivity contribution < 1.29 is 14.6 Å². The monoisotopic (exact) mass is 257 g/mol. The normalized spacial score (nSPS) is 11.3. The van der Waals surface area contributed by atoms with Crippen molar-refractivity contribution in [3.05, 3.63) is 23.2 Å². The lowest BCUT2D eigenvalue weighted by Crippen LogP contribution is -2.29. The summed E-state index contributed by atoms with van der Waals surface area (Å²) in [6.45, 7) is 3.66. The van der Waals surface area contributed by atoms with E-state index in [-0.39, 0.29) is 23.1 Å². The summed E-state index contributed by atoms with van der Waals surface area (Å²) in [5, 5.41) is 12.1. The molecule has 0 fully saturated rings. The Bertz CT molecular complexity index is 418. The van der Waals surface area contributed by atoms with E-state index < -0.39 is 5.60 Å². The highest BCUT2D eigenvalue weighted by atomic mass is 35.5. The Morgan fingerprint density at radius 1 is 1.53 bits per heavy atom. The lowest BCUT2D eigenvalue weighted by Gasteiger charge is -2.21. The molecule has 5 heteroatoms. The average molecular weight is 258 g/mol. The molecule has 0 bridgehead atoms. The summed E-state index contributed by atoms with van der Waals surface area (Å²) in [7, 11) is 1.56. The Morgan fingerprint density at radius 3 is 2.71 bits per heavy atom. The molecule has 4 nitrogen and oxygen atoms in total. The third kappa shape index (κ3) is 4.24. The summed E-state index contributed by atoms with van der Waals surface area (Å²) in [5.41, 5.74) is 0.0369. The number of rotatable bonds is 4. The van der Waals surface area contributed by atoms with Crippen LogP contribution in [0.15, 0.2) is 18.2 Å². The van der Waals surface area contributed by atoms with E-state index in [0.29, 0.717) is 5.69 Å². The standard InChI is InChI=1S/C12H16ClNO3/c1-12(2,17-3)7-11(16)14-8-4-5-10(15)9(13)6-8/h4-6,15H,7H2,1-3H3,(H,14,16). The lowest BCUT2D eigenvalue weighted by atomic mass is 10.0. The minimum Gasteiger partial charge on any atom is -0.506 e. The predicted octanol–water partition coefficient (Wildman–Crippen LogP) is 2.80. The number of aromatic hydroxyl groups is 1. The molecule has 1 amide bonds. The van der Waals surface area contributed by atoms with Gasteiger partial charge in [-0.2, -0.15) is 0 Å². The van der Waals surface area contributed by atoms with Crippen molar-refractivity contribution in [3.63, 3.8) is 0 Å². The van der Waals surface area contributed by atoms with Crippen LogP contribution in [0.5, 0.6) is 5.75 Å². The van der Waals surface area contributed by atoms with Gasteiger partial charge in [-0.1, -0.05) is 11.6 Å². The maximum Gasteiger partial charge on any atom is 0.227 e. The molecule has 94 valence electrons. The van der Waals surface area contributed by atoms with Crippen LogP contribution in [0.4, 0.5) is 5.69 Å². The molecule has 17 heavy (non-hydrogen) atoms. The van der Waals surface area contributed by atoms with Gasteiger partial charge in [-0.3, -0.25) is 4.79 Å². The molecule has 0 saturated carbocycles. The molecule has 0 atom stereocenters. The van der Waals surface area contributed by atoms with E-state index in [1.54, 1.807) is 13.2 Å². The van der Waals surface area contributed by atoms with Crippen molar-refractivity contribution in [2.24, 2.45) is 0 Å². The fourth-order valence-electron chi connectivity index (χ4n) is 1.25. The van der Waals surface area contributed by atoms with Gasteiger partial charge in [0.25, 0.3) is 0 Å². The molecule has 0 spiro atoms. The number of amides is 1. The van der Waals surface area contributed by atoms with E-state index in [1.165, 1.54) is 12.1 Å². The predicted molar refractivity (Wildman–Crippen MR) is 67.5 cm³/mol. The van der Waals surface area contributed by atoms with Gasteiger partial charge in [0, 0.05) is 12.8 Å². The zero-order valence-electron chi connectivity index (χ0n) is 10.1. The van der Waals surface area contributed by atoms with Crippen molar-refractivity contribution in [2.75, 3.05) is 12.4 Å². The summed E-state index contributed by atoms with van der Waals surface area (Å²) < 4.78 is 5.16. The molecular weight excluding hydrogens is 242 g/mol. The number of anilines is 1. The van der Waals surface area contributed by atoms with Crippen LogP contribution in [0.1, 0.15) is 20.3 Å². The van der Waals surface area contributed by atoms with E-state index in [9.17, 15) is 9.90 Å². The molecule has 0 saturated heterocycles. The molecule has 0 aliphatic rings. The smallest absolute Gasteiger partial charge is 0.227 e. The second-order valence-electron chi connectivity index (χ2n) is 4.35. The minimum absolute atomic E-state index is 0.0121. The quantitative estimate of drug-likeness (QED) is 0.816. The largest absolute Gasteiger partial charge is 0.506 e. The zero-order valence-corrected chi connectivity index (χ0v) is 10.8. The van der Waals surface area contributed by atoms with Gasteiger partial charge < -0.3 is 15.2 Å². The molecule has 0 heterocycles. The van der Waals surface area contributed by atoms with Crippen LogP contribution in [-0.2, 0) is 9.53 Å². The molecule has 0 aromatic heterocycles. The maximum absolute atomic E-state index is 11.7. The summed E-state index contributed by atoms with van der Waals surface area (Å²) in [4.78, 5) is 11.7. The molecule has 1 rings (SSSR count). The first kappa shape index (κ1) is 13.8. The van der Waals surface area contributed by atoms with Crippen molar-refractivity contribution >= 4 is 23.2 Å². The van der Waals surface area contributed by atoms with E-state index in [0.717, 1.165) is 0 Å². The first-order valence-corrected chi connectivity index (χ1v) is 5.55. The number of phenolic OH excluding ortho intramolecular Hbond substituents is 1. The van der Waals surface area contributed by atoms with Crippen LogP contribution < -0.4 is 5.32 Å². The fraction of sp³-hybridized carbons (Fsp3) is 0.417. The van der Waals surface area contributed by atoms with Gasteiger partial charge in [0.15, 0.2) is 0 Å². The van der Waals surface area contributed by atoms with Crippen LogP contribution in [0.3, 0.4) is 0 Å². The third-order valence-electron chi connectivity index (χ3n) is 2.37. The van der Waals surface area contributed by atoms with Gasteiger partial charge in [0.1, 0.15) is 5.75 Å². The Morgan fingerprint density at radius 2 is 2.18 bits per heavy atom. The van der Waals surface area contributed by atoms with Crippen molar-refractivity contribution in [2.45, 2.75) is 25.9 Å². The Hall–Kier alpha value is -1.26. The van der Waals surface area contributed by atoms with Crippen LogP contribution in [-0.4, -0.2) is 23.7 Å². The number of hydrogen-bond donors (Lipinski definition) is 2. The SMILES string of the molecule is COC(C)(C)CC(=O)Nc1ccc(O)c(Cl)c1. The second-order valence-corrected chi connectivity index (χ2v) is 4.76. The Kier molecular flexibility index (Phi) is 4.37. The number of carbonyl (C=O) groups excluding carboxylic acids is 1. The van der Waals surface area contributed by atoms with Crippen LogP contribution in [0.2, 0.25) is 5.02 Å². The van der Waals surface area contributed by atoms with E-state index >= 15 is 0 Å².